The van der Waals surface area contributed by atoms with Gasteiger partial charge in [0, 0.05) is 5.41 Å². The van der Waals surface area contributed by atoms with E-state index in [0.717, 1.165) is 12.8 Å². The van der Waals surface area contributed by atoms with Gasteiger partial charge in [-0.15, -0.1) is 0 Å². The Hall–Kier alpha value is -1.56. The maximum Gasteiger partial charge on any atom is 0.0146 e. The van der Waals surface area contributed by atoms with Crippen molar-refractivity contribution in [1.82, 2.24) is 0 Å². The van der Waals surface area contributed by atoms with Crippen LogP contribution in [0.3, 0.4) is 0 Å². The second kappa shape index (κ2) is 11.0. The molecule has 0 atom stereocenters. The SMILES string of the molecule is CC.CC.CCc1ccc(C(C)(C)c2ccc(CC)cc2)cc1. The summed E-state index contributed by atoms with van der Waals surface area (Å²) in [4.78, 5) is 0. The van der Waals surface area contributed by atoms with Crippen LogP contribution in [0.5, 0.6) is 0 Å². The fourth-order valence-electron chi connectivity index (χ4n) is 2.48. The first-order valence-electron chi connectivity index (χ1n) is 9.26. The van der Waals surface area contributed by atoms with Crippen LogP contribution in [0.2, 0.25) is 0 Å². The molecule has 0 aliphatic rings. The Morgan fingerprint density at radius 1 is 0.565 bits per heavy atom. The molecule has 2 aromatic rings. The minimum atomic E-state index is 0.0680. The van der Waals surface area contributed by atoms with E-state index in [4.69, 9.17) is 0 Å². The van der Waals surface area contributed by atoms with Gasteiger partial charge in [-0.1, -0.05) is 104 Å². The van der Waals surface area contributed by atoms with Crippen LogP contribution in [0.25, 0.3) is 0 Å². The summed E-state index contributed by atoms with van der Waals surface area (Å²) in [5.41, 5.74) is 5.64. The zero-order valence-corrected chi connectivity index (χ0v) is 16.5. The molecule has 0 heteroatoms. The second-order valence-corrected chi connectivity index (χ2v) is 5.73. The third-order valence-corrected chi connectivity index (χ3v) is 4.17. The van der Waals surface area contributed by atoms with Crippen LogP contribution < -0.4 is 0 Å². The van der Waals surface area contributed by atoms with E-state index in [2.05, 4.69) is 76.2 Å². The van der Waals surface area contributed by atoms with E-state index in [9.17, 15) is 0 Å². The van der Waals surface area contributed by atoms with E-state index < -0.39 is 0 Å². The van der Waals surface area contributed by atoms with Crippen LogP contribution in [0.4, 0.5) is 0 Å². The Morgan fingerprint density at radius 2 is 0.826 bits per heavy atom. The molecule has 2 rings (SSSR count). The summed E-state index contributed by atoms with van der Waals surface area (Å²) < 4.78 is 0. The maximum absolute atomic E-state index is 2.30. The van der Waals surface area contributed by atoms with Crippen molar-refractivity contribution in [2.24, 2.45) is 0 Å². The molecule has 0 saturated heterocycles. The average Bonchev–Trinajstić information content (AvgIpc) is 2.65. The Labute approximate surface area is 145 Å². The van der Waals surface area contributed by atoms with Gasteiger partial charge in [0.1, 0.15) is 0 Å². The smallest absolute Gasteiger partial charge is 0.0146 e. The van der Waals surface area contributed by atoms with E-state index in [1.807, 2.05) is 27.7 Å². The molecular formula is C23H36. The van der Waals surface area contributed by atoms with Gasteiger partial charge in [-0.2, -0.15) is 0 Å². The molecule has 0 fully saturated rings. The number of hydrogen-bond acceptors (Lipinski definition) is 0. The highest BCUT2D eigenvalue weighted by atomic mass is 14.3. The van der Waals surface area contributed by atoms with Gasteiger partial charge in [-0.05, 0) is 35.1 Å². The van der Waals surface area contributed by atoms with Gasteiger partial charge >= 0.3 is 0 Å². The number of rotatable bonds is 4. The lowest BCUT2D eigenvalue weighted by Crippen LogP contribution is -2.18. The van der Waals surface area contributed by atoms with Gasteiger partial charge in [0.25, 0.3) is 0 Å². The van der Waals surface area contributed by atoms with Crippen LogP contribution in [0.1, 0.15) is 77.6 Å². The summed E-state index contributed by atoms with van der Waals surface area (Å²) in [5, 5.41) is 0. The monoisotopic (exact) mass is 312 g/mol. The van der Waals surface area contributed by atoms with Gasteiger partial charge in [-0.3, -0.25) is 0 Å². The van der Waals surface area contributed by atoms with E-state index in [1.54, 1.807) is 0 Å². The molecule has 0 radical (unpaired) electrons. The van der Waals surface area contributed by atoms with Crippen LogP contribution in [0, 0.1) is 0 Å². The molecule has 0 amide bonds. The highest BCUT2D eigenvalue weighted by Gasteiger charge is 2.22. The predicted molar refractivity (Wildman–Crippen MR) is 106 cm³/mol. The number of aryl methyl sites for hydroxylation is 2. The molecular weight excluding hydrogens is 276 g/mol. The van der Waals surface area contributed by atoms with Crippen molar-refractivity contribution < 1.29 is 0 Å². The van der Waals surface area contributed by atoms with Gasteiger partial charge in [0.05, 0.1) is 0 Å². The number of benzene rings is 2. The Balaban J connectivity index is 0.00000112. The average molecular weight is 313 g/mol. The molecule has 128 valence electrons. The normalized spacial score (nSPS) is 10.1. The Kier molecular flexibility index (Phi) is 10.3. The molecule has 0 aliphatic heterocycles. The van der Waals surface area contributed by atoms with E-state index in [-0.39, 0.29) is 5.41 Å². The van der Waals surface area contributed by atoms with Crippen LogP contribution in [0.15, 0.2) is 48.5 Å². The second-order valence-electron chi connectivity index (χ2n) is 5.73. The fourth-order valence-corrected chi connectivity index (χ4v) is 2.48. The molecule has 0 heterocycles. The van der Waals surface area contributed by atoms with Crippen LogP contribution in [-0.2, 0) is 18.3 Å². The molecule has 0 bridgehead atoms. The van der Waals surface area contributed by atoms with E-state index in [1.165, 1.54) is 22.3 Å². The van der Waals surface area contributed by atoms with E-state index in [0.29, 0.717) is 0 Å². The quantitative estimate of drug-likeness (QED) is 0.560. The molecule has 0 aromatic heterocycles. The molecule has 0 aliphatic carbocycles. The number of hydrogen-bond donors (Lipinski definition) is 0. The zero-order chi connectivity index (χ0) is 17.9. The summed E-state index contributed by atoms with van der Waals surface area (Å²) >= 11 is 0. The van der Waals surface area contributed by atoms with Gasteiger partial charge < -0.3 is 0 Å². The third kappa shape index (κ3) is 5.86. The van der Waals surface area contributed by atoms with Crippen molar-refractivity contribution in [2.75, 3.05) is 0 Å². The van der Waals surface area contributed by atoms with Crippen LogP contribution >= 0.6 is 0 Å². The minimum Gasteiger partial charge on any atom is -0.0683 e. The minimum absolute atomic E-state index is 0.0680. The molecule has 0 N–H and O–H groups in total. The molecule has 0 nitrogen and oxygen atoms in total. The molecule has 0 unspecified atom stereocenters. The topological polar surface area (TPSA) is 0 Å². The largest absolute Gasteiger partial charge is 0.0683 e. The van der Waals surface area contributed by atoms with Crippen molar-refractivity contribution in [3.63, 3.8) is 0 Å². The molecule has 0 saturated carbocycles. The summed E-state index contributed by atoms with van der Waals surface area (Å²) in [6, 6.07) is 18.1. The first-order chi connectivity index (χ1) is 11.1. The van der Waals surface area contributed by atoms with Crippen molar-refractivity contribution in [1.29, 1.82) is 0 Å². The summed E-state index contributed by atoms with van der Waals surface area (Å²) in [5.74, 6) is 0. The molecule has 2 aromatic carbocycles. The first-order valence-corrected chi connectivity index (χ1v) is 9.26. The predicted octanol–water partition coefficient (Wildman–Crippen LogP) is 7.19. The van der Waals surface area contributed by atoms with Crippen molar-refractivity contribution >= 4 is 0 Å². The lowest BCUT2D eigenvalue weighted by Gasteiger charge is -2.26. The van der Waals surface area contributed by atoms with E-state index >= 15 is 0 Å². The highest BCUT2D eigenvalue weighted by molar-refractivity contribution is 5.39. The fraction of sp³-hybridized carbons (Fsp3) is 0.478. The van der Waals surface area contributed by atoms with Gasteiger partial charge in [0.15, 0.2) is 0 Å². The Morgan fingerprint density at radius 3 is 1.04 bits per heavy atom. The Bertz CT molecular complexity index is 465. The highest BCUT2D eigenvalue weighted by Crippen LogP contribution is 2.31. The molecule has 0 spiro atoms. The summed E-state index contributed by atoms with van der Waals surface area (Å²) in [6.45, 7) is 17.0. The van der Waals surface area contributed by atoms with Gasteiger partial charge in [0.2, 0.25) is 0 Å². The maximum atomic E-state index is 2.30. The zero-order valence-electron chi connectivity index (χ0n) is 16.5. The summed E-state index contributed by atoms with van der Waals surface area (Å²) in [7, 11) is 0. The lowest BCUT2D eigenvalue weighted by molar-refractivity contribution is 0.640. The standard InChI is InChI=1S/C19H24.2C2H6/c1-5-15-7-11-17(12-8-15)19(3,4)18-13-9-16(6-2)10-14-18;2*1-2/h7-14H,5-6H2,1-4H3;2*1-2H3. The van der Waals surface area contributed by atoms with Crippen molar-refractivity contribution in [3.05, 3.63) is 70.8 Å². The van der Waals surface area contributed by atoms with Crippen LogP contribution in [-0.4, -0.2) is 0 Å². The van der Waals surface area contributed by atoms with Gasteiger partial charge in [-0.25, -0.2) is 0 Å². The summed E-state index contributed by atoms with van der Waals surface area (Å²) in [6.07, 6.45) is 2.21. The molecule has 23 heavy (non-hydrogen) atoms. The lowest BCUT2D eigenvalue weighted by atomic mass is 9.77. The van der Waals surface area contributed by atoms with Crippen molar-refractivity contribution in [2.45, 2.75) is 73.6 Å². The first kappa shape index (κ1) is 21.4. The third-order valence-electron chi connectivity index (χ3n) is 4.17. The van der Waals surface area contributed by atoms with Crippen molar-refractivity contribution in [3.8, 4) is 0 Å².